The Morgan fingerprint density at radius 2 is 1.91 bits per heavy atom. The highest BCUT2D eigenvalue weighted by Gasteiger charge is 2.19. The summed E-state index contributed by atoms with van der Waals surface area (Å²) >= 11 is 7.40. The maximum atomic E-state index is 12.7. The van der Waals surface area contributed by atoms with Crippen molar-refractivity contribution in [3.63, 3.8) is 0 Å². The smallest absolute Gasteiger partial charge is 0.230 e. The molecule has 1 heterocycles. The standard InChI is InChI=1S/C26H30ClN3O2S/c1-30(22-8-3-2-4-9-22)16-19-7-5-6-10-24(19)29-25(31)15-21-18-33-26(28-21)17-32-23-13-11-20(27)12-14-23/h5-7,10-14,18,22H,2-4,8-9,15-17H2,1H3,(H,29,31). The Morgan fingerprint density at radius 3 is 2.70 bits per heavy atom. The number of para-hydroxylation sites is 1. The van der Waals surface area contributed by atoms with Crippen molar-refractivity contribution in [2.24, 2.45) is 0 Å². The van der Waals surface area contributed by atoms with Crippen molar-refractivity contribution in [1.82, 2.24) is 9.88 Å². The molecule has 1 fully saturated rings. The molecule has 4 rings (SSSR count). The number of thiazole rings is 1. The Balaban J connectivity index is 1.30. The summed E-state index contributed by atoms with van der Waals surface area (Å²) in [5.74, 6) is 0.682. The average Bonchev–Trinajstić information content (AvgIpc) is 3.27. The molecule has 174 valence electrons. The quantitative estimate of drug-likeness (QED) is 0.387. The Kier molecular flexibility index (Phi) is 8.37. The topological polar surface area (TPSA) is 54.5 Å². The van der Waals surface area contributed by atoms with E-state index in [1.54, 1.807) is 12.1 Å². The predicted octanol–water partition coefficient (Wildman–Crippen LogP) is 6.32. The minimum absolute atomic E-state index is 0.0572. The number of halogens is 1. The van der Waals surface area contributed by atoms with Crippen LogP contribution in [0.4, 0.5) is 5.69 Å². The molecule has 1 N–H and O–H groups in total. The lowest BCUT2D eigenvalue weighted by molar-refractivity contribution is -0.115. The van der Waals surface area contributed by atoms with Gasteiger partial charge >= 0.3 is 0 Å². The molecule has 7 heteroatoms. The van der Waals surface area contributed by atoms with Crippen LogP contribution < -0.4 is 10.1 Å². The molecule has 0 bridgehead atoms. The van der Waals surface area contributed by atoms with E-state index in [1.807, 2.05) is 35.7 Å². The van der Waals surface area contributed by atoms with E-state index < -0.39 is 0 Å². The first-order chi connectivity index (χ1) is 16.1. The third-order valence-electron chi connectivity index (χ3n) is 6.03. The molecule has 5 nitrogen and oxygen atoms in total. The van der Waals surface area contributed by atoms with Crippen LogP contribution in [0.15, 0.2) is 53.9 Å². The Morgan fingerprint density at radius 1 is 1.15 bits per heavy atom. The van der Waals surface area contributed by atoms with Crippen LogP contribution in [0.5, 0.6) is 5.75 Å². The van der Waals surface area contributed by atoms with Crippen molar-refractivity contribution >= 4 is 34.5 Å². The molecule has 1 amide bonds. The van der Waals surface area contributed by atoms with Crippen LogP contribution in [-0.4, -0.2) is 28.9 Å². The van der Waals surface area contributed by atoms with Gasteiger partial charge in [-0.3, -0.25) is 9.69 Å². The van der Waals surface area contributed by atoms with Crippen LogP contribution in [0.1, 0.15) is 48.4 Å². The molecular weight excluding hydrogens is 454 g/mol. The largest absolute Gasteiger partial charge is 0.486 e. The molecule has 0 spiro atoms. The highest BCUT2D eigenvalue weighted by Crippen LogP contribution is 2.25. The molecule has 1 aliphatic rings. The molecular formula is C26H30ClN3O2S. The first-order valence-corrected chi connectivity index (χ1v) is 12.7. The summed E-state index contributed by atoms with van der Waals surface area (Å²) in [4.78, 5) is 19.7. The molecule has 0 atom stereocenters. The van der Waals surface area contributed by atoms with E-state index in [9.17, 15) is 4.79 Å². The van der Waals surface area contributed by atoms with E-state index in [0.717, 1.165) is 34.2 Å². The van der Waals surface area contributed by atoms with Crippen LogP contribution in [0.3, 0.4) is 0 Å². The van der Waals surface area contributed by atoms with Gasteiger partial charge in [0.2, 0.25) is 5.91 Å². The molecule has 3 aromatic rings. The second-order valence-corrected chi connectivity index (χ2v) is 9.94. The third-order valence-corrected chi connectivity index (χ3v) is 7.15. The summed E-state index contributed by atoms with van der Waals surface area (Å²) < 4.78 is 5.75. The number of carbonyl (C=O) groups is 1. The van der Waals surface area contributed by atoms with Gasteiger partial charge in [0.15, 0.2) is 0 Å². The summed E-state index contributed by atoms with van der Waals surface area (Å²) in [6, 6.07) is 15.9. The second-order valence-electron chi connectivity index (χ2n) is 8.56. The van der Waals surface area contributed by atoms with Crippen LogP contribution in [-0.2, 0) is 24.4 Å². The molecule has 1 aliphatic carbocycles. The number of benzene rings is 2. The molecule has 33 heavy (non-hydrogen) atoms. The summed E-state index contributed by atoms with van der Waals surface area (Å²) in [5, 5.41) is 6.52. The SMILES string of the molecule is CN(Cc1ccccc1NC(=O)Cc1csc(COc2ccc(Cl)cc2)n1)C1CCCCC1. The first-order valence-electron chi connectivity index (χ1n) is 11.5. The van der Waals surface area contributed by atoms with E-state index in [-0.39, 0.29) is 12.3 Å². The van der Waals surface area contributed by atoms with Crippen molar-refractivity contribution in [2.75, 3.05) is 12.4 Å². The van der Waals surface area contributed by atoms with Gasteiger partial charge in [0.25, 0.3) is 0 Å². The lowest BCUT2D eigenvalue weighted by Crippen LogP contribution is -2.33. The normalized spacial score (nSPS) is 14.4. The monoisotopic (exact) mass is 483 g/mol. The van der Waals surface area contributed by atoms with Crippen molar-refractivity contribution < 1.29 is 9.53 Å². The van der Waals surface area contributed by atoms with E-state index in [0.29, 0.717) is 17.7 Å². The Bertz CT molecular complexity index is 1050. The van der Waals surface area contributed by atoms with E-state index in [1.165, 1.54) is 43.4 Å². The number of aromatic nitrogens is 1. The van der Waals surface area contributed by atoms with Gasteiger partial charge < -0.3 is 10.1 Å². The lowest BCUT2D eigenvalue weighted by Gasteiger charge is -2.31. The van der Waals surface area contributed by atoms with Crippen LogP contribution >= 0.6 is 22.9 Å². The van der Waals surface area contributed by atoms with Crippen molar-refractivity contribution in [2.45, 2.75) is 57.7 Å². The zero-order valence-corrected chi connectivity index (χ0v) is 20.5. The number of carbonyl (C=O) groups excluding carboxylic acids is 1. The van der Waals surface area contributed by atoms with Gasteiger partial charge in [0, 0.05) is 28.7 Å². The second kappa shape index (κ2) is 11.6. The van der Waals surface area contributed by atoms with Gasteiger partial charge in [-0.05, 0) is 55.8 Å². The Labute approximate surface area is 204 Å². The number of rotatable bonds is 9. The minimum atomic E-state index is -0.0572. The maximum absolute atomic E-state index is 12.7. The molecule has 1 aromatic heterocycles. The fourth-order valence-electron chi connectivity index (χ4n) is 4.23. The first kappa shape index (κ1) is 23.7. The highest BCUT2D eigenvalue weighted by atomic mass is 35.5. The summed E-state index contributed by atoms with van der Waals surface area (Å²) in [7, 11) is 2.19. The number of nitrogens with one attached hydrogen (secondary N) is 1. The molecule has 0 unspecified atom stereocenters. The fraction of sp³-hybridized carbons (Fsp3) is 0.385. The molecule has 0 aliphatic heterocycles. The molecule has 0 saturated heterocycles. The number of amides is 1. The predicted molar refractivity (Wildman–Crippen MR) is 135 cm³/mol. The fourth-order valence-corrected chi connectivity index (χ4v) is 5.06. The molecule has 2 aromatic carbocycles. The highest BCUT2D eigenvalue weighted by molar-refractivity contribution is 7.09. The van der Waals surface area contributed by atoms with Gasteiger partial charge in [0.05, 0.1) is 12.1 Å². The van der Waals surface area contributed by atoms with E-state index in [2.05, 4.69) is 28.3 Å². The van der Waals surface area contributed by atoms with Crippen LogP contribution in [0.25, 0.3) is 0 Å². The van der Waals surface area contributed by atoms with Crippen LogP contribution in [0.2, 0.25) is 5.02 Å². The van der Waals surface area contributed by atoms with Crippen LogP contribution in [0, 0.1) is 0 Å². The number of nitrogens with zero attached hydrogens (tertiary/aromatic N) is 2. The van der Waals surface area contributed by atoms with Gasteiger partial charge in [0.1, 0.15) is 17.4 Å². The maximum Gasteiger partial charge on any atom is 0.230 e. The molecule has 0 radical (unpaired) electrons. The Hall–Kier alpha value is -2.41. The number of hydrogen-bond donors (Lipinski definition) is 1. The number of hydrogen-bond acceptors (Lipinski definition) is 5. The number of ether oxygens (including phenoxy) is 1. The third kappa shape index (κ3) is 7.03. The van der Waals surface area contributed by atoms with E-state index in [4.69, 9.17) is 16.3 Å². The summed E-state index contributed by atoms with van der Waals surface area (Å²) in [6.45, 7) is 1.20. The average molecular weight is 484 g/mol. The van der Waals surface area contributed by atoms with Gasteiger partial charge in [-0.25, -0.2) is 4.98 Å². The van der Waals surface area contributed by atoms with Gasteiger partial charge in [-0.2, -0.15) is 0 Å². The van der Waals surface area contributed by atoms with Crippen molar-refractivity contribution in [3.8, 4) is 5.75 Å². The summed E-state index contributed by atoms with van der Waals surface area (Å²) in [5.41, 5.74) is 2.78. The summed E-state index contributed by atoms with van der Waals surface area (Å²) in [6.07, 6.45) is 6.74. The van der Waals surface area contributed by atoms with Crippen molar-refractivity contribution in [3.05, 3.63) is 75.2 Å². The zero-order chi connectivity index (χ0) is 23.0. The zero-order valence-electron chi connectivity index (χ0n) is 18.9. The van der Waals surface area contributed by atoms with Gasteiger partial charge in [-0.1, -0.05) is 49.1 Å². The lowest BCUT2D eigenvalue weighted by atomic mass is 9.94. The van der Waals surface area contributed by atoms with Crippen molar-refractivity contribution in [1.29, 1.82) is 0 Å². The molecule has 1 saturated carbocycles. The number of anilines is 1. The van der Waals surface area contributed by atoms with E-state index >= 15 is 0 Å². The van der Waals surface area contributed by atoms with Gasteiger partial charge in [-0.15, -0.1) is 11.3 Å². The minimum Gasteiger partial charge on any atom is -0.486 e.